The van der Waals surface area contributed by atoms with Crippen LogP contribution in [0, 0.1) is 0 Å². The van der Waals surface area contributed by atoms with E-state index in [1.165, 1.54) is 25.7 Å². The average molecular weight is 530 g/mol. The molecular weight excluding hydrogens is 499 g/mol. The molecule has 1 aliphatic carbocycles. The third kappa shape index (κ3) is 7.36. The van der Waals surface area contributed by atoms with E-state index in [0.717, 1.165) is 36.9 Å². The van der Waals surface area contributed by atoms with Gasteiger partial charge < -0.3 is 14.8 Å². The molecular formula is C28H30F3N3O4. The molecule has 0 bridgehead atoms. The minimum atomic E-state index is -4.74. The number of nitrogens with zero attached hydrogens (tertiary/aromatic N) is 2. The zero-order chi connectivity index (χ0) is 27.1. The van der Waals surface area contributed by atoms with Crippen LogP contribution in [-0.2, 0) is 16.1 Å². The molecule has 1 aliphatic rings. The number of rotatable bonds is 9. The normalized spacial score (nSPS) is 14.2. The van der Waals surface area contributed by atoms with Crippen LogP contribution in [0.15, 0.2) is 54.6 Å². The van der Waals surface area contributed by atoms with Crippen molar-refractivity contribution in [2.24, 2.45) is 0 Å². The number of ether oxygens (including phenoxy) is 2. The molecule has 0 spiro atoms. The molecule has 0 atom stereocenters. The molecule has 202 valence electrons. The molecule has 0 radical (unpaired) electrons. The highest BCUT2D eigenvalue weighted by atomic mass is 19.4. The molecule has 2 aromatic carbocycles. The lowest BCUT2D eigenvalue weighted by molar-refractivity contribution is -0.274. The van der Waals surface area contributed by atoms with Gasteiger partial charge in [-0.1, -0.05) is 31.4 Å². The fourth-order valence-corrected chi connectivity index (χ4v) is 4.67. The molecule has 0 aliphatic heterocycles. The lowest BCUT2D eigenvalue weighted by Gasteiger charge is -2.22. The number of hydrogen-bond acceptors (Lipinski definition) is 5. The Hall–Kier alpha value is -3.82. The van der Waals surface area contributed by atoms with Crippen molar-refractivity contribution in [1.82, 2.24) is 15.1 Å². The van der Waals surface area contributed by atoms with Gasteiger partial charge in [0, 0.05) is 29.3 Å². The van der Waals surface area contributed by atoms with Gasteiger partial charge in [-0.05, 0) is 60.9 Å². The van der Waals surface area contributed by atoms with Gasteiger partial charge in [-0.2, -0.15) is 5.10 Å². The van der Waals surface area contributed by atoms with Gasteiger partial charge in [-0.3, -0.25) is 14.3 Å². The maximum Gasteiger partial charge on any atom is 0.573 e. The summed E-state index contributed by atoms with van der Waals surface area (Å²) in [6.45, 7) is 0.683. The Morgan fingerprint density at radius 1 is 1.03 bits per heavy atom. The van der Waals surface area contributed by atoms with E-state index in [0.29, 0.717) is 29.3 Å². The first-order valence-electron chi connectivity index (χ1n) is 12.6. The first kappa shape index (κ1) is 27.2. The second-order valence-corrected chi connectivity index (χ2v) is 9.30. The maximum atomic E-state index is 12.5. The quantitative estimate of drug-likeness (QED) is 0.353. The molecule has 1 N–H and O–H groups in total. The predicted molar refractivity (Wildman–Crippen MR) is 135 cm³/mol. The van der Waals surface area contributed by atoms with Crippen LogP contribution in [0.1, 0.15) is 66.1 Å². The van der Waals surface area contributed by atoms with Crippen molar-refractivity contribution < 1.29 is 32.2 Å². The fourth-order valence-electron chi connectivity index (χ4n) is 4.67. The zero-order valence-corrected chi connectivity index (χ0v) is 21.1. The third-order valence-corrected chi connectivity index (χ3v) is 6.61. The number of amides is 1. The van der Waals surface area contributed by atoms with Gasteiger partial charge >= 0.3 is 12.3 Å². The van der Waals surface area contributed by atoms with Gasteiger partial charge in [0.1, 0.15) is 5.75 Å². The number of carbonyl (C=O) groups excluding carboxylic acids is 2. The molecule has 1 fully saturated rings. The Kier molecular flexibility index (Phi) is 8.70. The van der Waals surface area contributed by atoms with Crippen molar-refractivity contribution in [3.05, 3.63) is 71.4 Å². The first-order chi connectivity index (χ1) is 18.2. The summed E-state index contributed by atoms with van der Waals surface area (Å²) in [5.41, 5.74) is 3.92. The van der Waals surface area contributed by atoms with Crippen LogP contribution in [0.25, 0.3) is 11.3 Å². The third-order valence-electron chi connectivity index (χ3n) is 6.61. The SMILES string of the molecule is COC(=O)CCNC(=O)c1ccc(Cn2nc(-c3ccc(OC(F)(F)F)cc3)cc2C2CCCCC2)cc1. The van der Waals surface area contributed by atoms with Crippen molar-refractivity contribution in [2.75, 3.05) is 13.7 Å². The number of methoxy groups -OCH3 is 1. The average Bonchev–Trinajstić information content (AvgIpc) is 3.32. The van der Waals surface area contributed by atoms with Gasteiger partial charge in [0.2, 0.25) is 0 Å². The molecule has 38 heavy (non-hydrogen) atoms. The minimum absolute atomic E-state index is 0.101. The topological polar surface area (TPSA) is 82.5 Å². The van der Waals surface area contributed by atoms with E-state index in [1.54, 1.807) is 24.3 Å². The van der Waals surface area contributed by atoms with Crippen LogP contribution in [0.5, 0.6) is 5.75 Å². The van der Waals surface area contributed by atoms with Crippen LogP contribution in [0.4, 0.5) is 13.2 Å². The van der Waals surface area contributed by atoms with Gasteiger partial charge in [0.15, 0.2) is 0 Å². The van der Waals surface area contributed by atoms with Crippen LogP contribution in [0.2, 0.25) is 0 Å². The summed E-state index contributed by atoms with van der Waals surface area (Å²) in [5, 5.41) is 7.50. The maximum absolute atomic E-state index is 12.5. The van der Waals surface area contributed by atoms with Crippen molar-refractivity contribution in [1.29, 1.82) is 0 Å². The predicted octanol–water partition coefficient (Wildman–Crippen LogP) is 5.84. The molecule has 10 heteroatoms. The van der Waals surface area contributed by atoms with Crippen LogP contribution >= 0.6 is 0 Å². The number of nitrogens with one attached hydrogen (secondary N) is 1. The smallest absolute Gasteiger partial charge is 0.469 e. The number of benzene rings is 2. The van der Waals surface area contributed by atoms with Gasteiger partial charge in [0.25, 0.3) is 5.91 Å². The van der Waals surface area contributed by atoms with E-state index in [2.05, 4.69) is 14.8 Å². The van der Waals surface area contributed by atoms with E-state index >= 15 is 0 Å². The summed E-state index contributed by atoms with van der Waals surface area (Å²) in [4.78, 5) is 23.6. The second kappa shape index (κ2) is 12.1. The van der Waals surface area contributed by atoms with E-state index in [9.17, 15) is 22.8 Å². The summed E-state index contributed by atoms with van der Waals surface area (Å²) >= 11 is 0. The number of halogens is 3. The Balaban J connectivity index is 1.50. The van der Waals surface area contributed by atoms with E-state index in [4.69, 9.17) is 5.10 Å². The summed E-state index contributed by atoms with van der Waals surface area (Å²) in [6.07, 6.45) is 0.993. The fraction of sp³-hybridized carbons (Fsp3) is 0.393. The molecule has 1 saturated carbocycles. The van der Waals surface area contributed by atoms with Crippen molar-refractivity contribution in [3.63, 3.8) is 0 Å². The van der Waals surface area contributed by atoms with Gasteiger partial charge in [0.05, 0.1) is 25.8 Å². The highest BCUT2D eigenvalue weighted by molar-refractivity contribution is 5.94. The highest BCUT2D eigenvalue weighted by Crippen LogP contribution is 2.35. The van der Waals surface area contributed by atoms with E-state index in [1.807, 2.05) is 22.9 Å². The summed E-state index contributed by atoms with van der Waals surface area (Å²) < 4.78 is 48.1. The monoisotopic (exact) mass is 529 g/mol. The molecule has 0 saturated heterocycles. The highest BCUT2D eigenvalue weighted by Gasteiger charge is 2.31. The number of alkyl halides is 3. The molecule has 1 amide bonds. The standard InChI is InChI=1S/C28H30F3N3O4/c1-37-26(35)15-16-32-27(36)22-9-7-19(8-10-22)18-34-25(21-5-3-2-4-6-21)17-24(33-34)20-11-13-23(14-12-20)38-28(29,30)31/h7-14,17,21H,2-6,15-16,18H2,1H3,(H,32,36). The molecule has 3 aromatic rings. The van der Waals surface area contributed by atoms with Crippen LogP contribution in [-0.4, -0.2) is 41.7 Å². The number of aromatic nitrogens is 2. The van der Waals surface area contributed by atoms with Crippen LogP contribution in [0.3, 0.4) is 0 Å². The van der Waals surface area contributed by atoms with E-state index < -0.39 is 12.3 Å². The lowest BCUT2D eigenvalue weighted by Crippen LogP contribution is -2.26. The van der Waals surface area contributed by atoms with Gasteiger partial charge in [-0.25, -0.2) is 0 Å². The number of hydrogen-bond donors (Lipinski definition) is 1. The zero-order valence-electron chi connectivity index (χ0n) is 21.1. The Morgan fingerprint density at radius 3 is 2.34 bits per heavy atom. The minimum Gasteiger partial charge on any atom is -0.469 e. The Labute approximate surface area is 218 Å². The molecule has 4 rings (SSSR count). The largest absolute Gasteiger partial charge is 0.573 e. The molecule has 7 nitrogen and oxygen atoms in total. The summed E-state index contributed by atoms with van der Waals surface area (Å²) in [5.74, 6) is -0.582. The Bertz CT molecular complexity index is 1230. The van der Waals surface area contributed by atoms with Crippen molar-refractivity contribution >= 4 is 11.9 Å². The van der Waals surface area contributed by atoms with Crippen LogP contribution < -0.4 is 10.1 Å². The summed E-state index contributed by atoms with van der Waals surface area (Å²) in [6, 6.07) is 14.9. The van der Waals surface area contributed by atoms with Crippen molar-refractivity contribution in [2.45, 2.75) is 57.3 Å². The first-order valence-corrected chi connectivity index (χ1v) is 12.6. The molecule has 1 aromatic heterocycles. The van der Waals surface area contributed by atoms with E-state index in [-0.39, 0.29) is 24.6 Å². The number of carbonyl (C=O) groups is 2. The lowest BCUT2D eigenvalue weighted by atomic mass is 9.86. The summed E-state index contributed by atoms with van der Waals surface area (Å²) in [7, 11) is 1.30. The molecule has 0 unspecified atom stereocenters. The molecule has 1 heterocycles. The Morgan fingerprint density at radius 2 is 1.71 bits per heavy atom. The van der Waals surface area contributed by atoms with Crippen molar-refractivity contribution in [3.8, 4) is 17.0 Å². The second-order valence-electron chi connectivity index (χ2n) is 9.30. The van der Waals surface area contributed by atoms with Gasteiger partial charge in [-0.15, -0.1) is 13.2 Å². The number of esters is 1.